The molecule has 4 rings (SSSR count). The number of hydrogen-bond donors (Lipinski definition) is 0. The van der Waals surface area contributed by atoms with Crippen LogP contribution >= 0.6 is 0 Å². The van der Waals surface area contributed by atoms with Gasteiger partial charge in [-0.1, -0.05) is 37.5 Å². The monoisotopic (exact) mass is 326 g/mol. The van der Waals surface area contributed by atoms with Gasteiger partial charge in [-0.2, -0.15) is 0 Å². The van der Waals surface area contributed by atoms with Crippen LogP contribution in [0.15, 0.2) is 24.3 Å². The summed E-state index contributed by atoms with van der Waals surface area (Å²) in [4.78, 5) is 29.5. The van der Waals surface area contributed by atoms with Crippen LogP contribution in [0.4, 0.5) is 5.69 Å². The van der Waals surface area contributed by atoms with E-state index in [1.807, 2.05) is 28.0 Å². The third-order valence-electron chi connectivity index (χ3n) is 5.90. The predicted molar refractivity (Wildman–Crippen MR) is 93.8 cm³/mol. The molecule has 1 aliphatic carbocycles. The van der Waals surface area contributed by atoms with Gasteiger partial charge in [0.1, 0.15) is 0 Å². The van der Waals surface area contributed by atoms with E-state index in [0.29, 0.717) is 19.0 Å². The summed E-state index contributed by atoms with van der Waals surface area (Å²) in [5.74, 6) is 0.171. The van der Waals surface area contributed by atoms with Crippen LogP contribution in [0.3, 0.4) is 0 Å². The van der Waals surface area contributed by atoms with Gasteiger partial charge in [0, 0.05) is 31.2 Å². The maximum absolute atomic E-state index is 13.1. The highest BCUT2D eigenvalue weighted by atomic mass is 16.2. The van der Waals surface area contributed by atoms with Crippen LogP contribution in [0.5, 0.6) is 0 Å². The van der Waals surface area contributed by atoms with E-state index in [1.54, 1.807) is 0 Å². The summed E-state index contributed by atoms with van der Waals surface area (Å²) >= 11 is 0. The first-order chi connectivity index (χ1) is 11.7. The first-order valence-electron chi connectivity index (χ1n) is 9.43. The normalized spacial score (nSPS) is 25.0. The molecule has 1 unspecified atom stereocenters. The first-order valence-corrected chi connectivity index (χ1v) is 9.43. The van der Waals surface area contributed by atoms with Gasteiger partial charge in [0.15, 0.2) is 0 Å². The van der Waals surface area contributed by atoms with E-state index in [1.165, 1.54) is 24.8 Å². The van der Waals surface area contributed by atoms with E-state index in [2.05, 4.69) is 6.07 Å². The van der Waals surface area contributed by atoms with Crippen LogP contribution in [-0.2, 0) is 16.0 Å². The summed E-state index contributed by atoms with van der Waals surface area (Å²) in [5.41, 5.74) is 2.31. The van der Waals surface area contributed by atoms with Gasteiger partial charge in [0.25, 0.3) is 0 Å². The van der Waals surface area contributed by atoms with Gasteiger partial charge in [0.2, 0.25) is 11.8 Å². The second-order valence-electron chi connectivity index (χ2n) is 7.46. The van der Waals surface area contributed by atoms with E-state index < -0.39 is 0 Å². The van der Waals surface area contributed by atoms with Crippen molar-refractivity contribution in [2.24, 2.45) is 5.92 Å². The van der Waals surface area contributed by atoms with Crippen LogP contribution in [0.25, 0.3) is 0 Å². The minimum Gasteiger partial charge on any atom is -0.339 e. The molecule has 4 nitrogen and oxygen atoms in total. The molecule has 0 N–H and O–H groups in total. The Morgan fingerprint density at radius 3 is 2.67 bits per heavy atom. The molecule has 1 saturated carbocycles. The zero-order valence-electron chi connectivity index (χ0n) is 14.2. The Hall–Kier alpha value is -1.84. The molecule has 2 fully saturated rings. The third kappa shape index (κ3) is 2.83. The fourth-order valence-corrected chi connectivity index (χ4v) is 4.63. The second-order valence-corrected chi connectivity index (χ2v) is 7.46. The highest BCUT2D eigenvalue weighted by Gasteiger charge is 2.40. The number of anilines is 1. The molecule has 0 bridgehead atoms. The highest BCUT2D eigenvalue weighted by Crippen LogP contribution is 2.32. The van der Waals surface area contributed by atoms with E-state index in [9.17, 15) is 9.59 Å². The lowest BCUT2D eigenvalue weighted by atomic mass is 9.94. The summed E-state index contributed by atoms with van der Waals surface area (Å²) in [5, 5.41) is 0. The van der Waals surface area contributed by atoms with Gasteiger partial charge in [-0.15, -0.1) is 0 Å². The minimum absolute atomic E-state index is 0.147. The number of nitrogens with zero attached hydrogens (tertiary/aromatic N) is 2. The van der Waals surface area contributed by atoms with E-state index in [4.69, 9.17) is 0 Å². The lowest BCUT2D eigenvalue weighted by Gasteiger charge is -2.33. The van der Waals surface area contributed by atoms with Gasteiger partial charge in [-0.25, -0.2) is 0 Å². The standard InChI is InChI=1S/C20H26N2O2/c23-19-13-16(14-22(19)17-9-2-1-3-10-17)20(24)21-12-6-8-15-7-4-5-11-18(15)21/h4-5,7,11,16-17H,1-3,6,8-10,12-14H2. The largest absolute Gasteiger partial charge is 0.339 e. The van der Waals surface area contributed by atoms with Gasteiger partial charge in [0.05, 0.1) is 5.92 Å². The summed E-state index contributed by atoms with van der Waals surface area (Å²) in [6.07, 6.45) is 8.38. The van der Waals surface area contributed by atoms with Crippen molar-refractivity contribution in [1.82, 2.24) is 4.90 Å². The van der Waals surface area contributed by atoms with Crippen molar-refractivity contribution in [2.75, 3.05) is 18.0 Å². The van der Waals surface area contributed by atoms with Crippen molar-refractivity contribution in [3.8, 4) is 0 Å². The Morgan fingerprint density at radius 2 is 1.83 bits per heavy atom. The van der Waals surface area contributed by atoms with Gasteiger partial charge in [-0.05, 0) is 37.3 Å². The van der Waals surface area contributed by atoms with Crippen LogP contribution in [0, 0.1) is 5.92 Å². The van der Waals surface area contributed by atoms with Crippen molar-refractivity contribution in [3.05, 3.63) is 29.8 Å². The van der Waals surface area contributed by atoms with Gasteiger partial charge < -0.3 is 9.80 Å². The number of fused-ring (bicyclic) bond motifs is 1. The topological polar surface area (TPSA) is 40.6 Å². The van der Waals surface area contributed by atoms with Crippen molar-refractivity contribution in [1.29, 1.82) is 0 Å². The number of likely N-dealkylation sites (tertiary alicyclic amines) is 1. The van der Waals surface area contributed by atoms with Crippen LogP contribution in [0.2, 0.25) is 0 Å². The molecule has 0 radical (unpaired) electrons. The average molecular weight is 326 g/mol. The minimum atomic E-state index is -0.161. The molecule has 1 aromatic rings. The van der Waals surface area contributed by atoms with Crippen LogP contribution in [0.1, 0.15) is 50.5 Å². The molecule has 24 heavy (non-hydrogen) atoms. The molecular formula is C20H26N2O2. The smallest absolute Gasteiger partial charge is 0.232 e. The zero-order chi connectivity index (χ0) is 16.5. The molecule has 1 saturated heterocycles. The maximum Gasteiger partial charge on any atom is 0.232 e. The Kier molecular flexibility index (Phi) is 4.30. The van der Waals surface area contributed by atoms with Crippen molar-refractivity contribution in [2.45, 2.75) is 57.4 Å². The average Bonchev–Trinajstić information content (AvgIpc) is 3.03. The molecule has 128 valence electrons. The van der Waals surface area contributed by atoms with Crippen LogP contribution in [-0.4, -0.2) is 35.8 Å². The number of benzene rings is 1. The molecular weight excluding hydrogens is 300 g/mol. The fourth-order valence-electron chi connectivity index (χ4n) is 4.63. The maximum atomic E-state index is 13.1. The number of hydrogen-bond acceptors (Lipinski definition) is 2. The Labute approximate surface area is 143 Å². The van der Waals surface area contributed by atoms with Crippen molar-refractivity contribution >= 4 is 17.5 Å². The SMILES string of the molecule is O=C(C1CC(=O)N(C2CCCCC2)C1)N1CCCc2ccccc21. The molecule has 2 heterocycles. The Bertz CT molecular complexity index is 636. The number of aryl methyl sites for hydroxylation is 1. The predicted octanol–water partition coefficient (Wildman–Crippen LogP) is 3.15. The summed E-state index contributed by atoms with van der Waals surface area (Å²) in [6, 6.07) is 8.57. The molecule has 4 heteroatoms. The fraction of sp³-hybridized carbons (Fsp3) is 0.600. The van der Waals surface area contributed by atoms with Gasteiger partial charge in [-0.3, -0.25) is 9.59 Å². The van der Waals surface area contributed by atoms with E-state index >= 15 is 0 Å². The molecule has 2 aliphatic heterocycles. The molecule has 1 atom stereocenters. The van der Waals surface area contributed by atoms with Crippen molar-refractivity contribution < 1.29 is 9.59 Å². The molecule has 1 aromatic carbocycles. The second kappa shape index (κ2) is 6.58. The molecule has 2 amide bonds. The summed E-state index contributed by atoms with van der Waals surface area (Å²) in [6.45, 7) is 1.41. The number of carbonyl (C=O) groups is 2. The molecule has 0 aromatic heterocycles. The summed E-state index contributed by atoms with van der Waals surface area (Å²) < 4.78 is 0. The van der Waals surface area contributed by atoms with Crippen molar-refractivity contribution in [3.63, 3.8) is 0 Å². The molecule has 3 aliphatic rings. The Morgan fingerprint density at radius 1 is 1.04 bits per heavy atom. The van der Waals surface area contributed by atoms with E-state index in [0.717, 1.165) is 37.9 Å². The van der Waals surface area contributed by atoms with E-state index in [-0.39, 0.29) is 17.7 Å². The lowest BCUT2D eigenvalue weighted by Crippen LogP contribution is -2.42. The number of rotatable bonds is 2. The number of amides is 2. The third-order valence-corrected chi connectivity index (χ3v) is 5.90. The number of carbonyl (C=O) groups excluding carboxylic acids is 2. The molecule has 0 spiro atoms. The first kappa shape index (κ1) is 15.7. The summed E-state index contributed by atoms with van der Waals surface area (Å²) in [7, 11) is 0. The van der Waals surface area contributed by atoms with Crippen LogP contribution < -0.4 is 4.90 Å². The lowest BCUT2D eigenvalue weighted by molar-refractivity contribution is -0.130. The van der Waals surface area contributed by atoms with Gasteiger partial charge >= 0.3 is 0 Å². The Balaban J connectivity index is 1.49. The quantitative estimate of drug-likeness (QED) is 0.838. The number of para-hydroxylation sites is 1. The zero-order valence-corrected chi connectivity index (χ0v) is 14.2. The highest BCUT2D eigenvalue weighted by molar-refractivity contribution is 5.99.